The van der Waals surface area contributed by atoms with E-state index in [1.807, 2.05) is 53.4 Å². The van der Waals surface area contributed by atoms with Crippen molar-refractivity contribution >= 4 is 11.7 Å². The van der Waals surface area contributed by atoms with Crippen LogP contribution in [-0.2, 0) is 4.79 Å². The molecule has 26 heavy (non-hydrogen) atoms. The van der Waals surface area contributed by atoms with Crippen molar-refractivity contribution < 1.29 is 14.3 Å². The summed E-state index contributed by atoms with van der Waals surface area (Å²) in [6, 6.07) is 19.0. The number of amides is 1. The van der Waals surface area contributed by atoms with Crippen LogP contribution in [0.5, 0.6) is 5.75 Å². The van der Waals surface area contributed by atoms with E-state index < -0.39 is 0 Å². The van der Waals surface area contributed by atoms with Gasteiger partial charge in [-0.05, 0) is 30.9 Å². The Balaban J connectivity index is 1.37. The average molecular weight is 351 g/mol. The van der Waals surface area contributed by atoms with Crippen molar-refractivity contribution in [3.05, 3.63) is 66.2 Å². The van der Waals surface area contributed by atoms with Crippen molar-refractivity contribution in [2.24, 2.45) is 5.92 Å². The number of piperidine rings is 1. The van der Waals surface area contributed by atoms with Crippen molar-refractivity contribution in [3.8, 4) is 5.75 Å². The lowest BCUT2D eigenvalue weighted by atomic mass is 9.97. The van der Waals surface area contributed by atoms with Crippen molar-refractivity contribution in [2.75, 3.05) is 19.7 Å². The van der Waals surface area contributed by atoms with Gasteiger partial charge in [0, 0.05) is 31.5 Å². The van der Waals surface area contributed by atoms with Gasteiger partial charge in [0.2, 0.25) is 5.91 Å². The molecule has 0 spiro atoms. The van der Waals surface area contributed by atoms with E-state index in [1.165, 1.54) is 0 Å². The standard InChI is InChI=1S/C22H25NO3/c24-21(19-7-3-1-4-8-19)11-12-22(25)23-15-13-18(14-16-23)17-26-20-9-5-2-6-10-20/h1-10,18H,11-17H2. The zero-order valence-corrected chi connectivity index (χ0v) is 15.0. The number of carbonyl (C=O) groups excluding carboxylic acids is 2. The molecule has 1 fully saturated rings. The SMILES string of the molecule is O=C(CCC(=O)N1CCC(COc2ccccc2)CC1)c1ccccc1. The topological polar surface area (TPSA) is 46.6 Å². The normalized spacial score (nSPS) is 14.8. The molecule has 1 aliphatic heterocycles. The molecule has 136 valence electrons. The molecule has 0 atom stereocenters. The molecule has 1 saturated heterocycles. The molecule has 0 N–H and O–H groups in total. The Kier molecular flexibility index (Phi) is 6.42. The van der Waals surface area contributed by atoms with Crippen LogP contribution in [0.4, 0.5) is 0 Å². The van der Waals surface area contributed by atoms with Crippen molar-refractivity contribution in [1.29, 1.82) is 0 Å². The third-order valence-corrected chi connectivity index (χ3v) is 4.86. The first-order valence-corrected chi connectivity index (χ1v) is 9.26. The van der Waals surface area contributed by atoms with Crippen LogP contribution in [0.1, 0.15) is 36.0 Å². The van der Waals surface area contributed by atoms with Crippen molar-refractivity contribution in [3.63, 3.8) is 0 Å². The molecular formula is C22H25NO3. The van der Waals surface area contributed by atoms with Gasteiger partial charge in [0.05, 0.1) is 6.61 Å². The van der Waals surface area contributed by atoms with Gasteiger partial charge in [0.15, 0.2) is 5.78 Å². The maximum absolute atomic E-state index is 12.4. The number of hydrogen-bond acceptors (Lipinski definition) is 3. The summed E-state index contributed by atoms with van der Waals surface area (Å²) in [7, 11) is 0. The number of ketones is 1. The Bertz CT molecular complexity index is 707. The molecular weight excluding hydrogens is 326 g/mol. The zero-order chi connectivity index (χ0) is 18.2. The molecule has 3 rings (SSSR count). The quantitative estimate of drug-likeness (QED) is 0.709. The van der Waals surface area contributed by atoms with Gasteiger partial charge in [-0.1, -0.05) is 48.5 Å². The van der Waals surface area contributed by atoms with E-state index in [2.05, 4.69) is 0 Å². The summed E-state index contributed by atoms with van der Waals surface area (Å²) >= 11 is 0. The van der Waals surface area contributed by atoms with E-state index in [0.29, 0.717) is 24.5 Å². The molecule has 0 saturated carbocycles. The van der Waals surface area contributed by atoms with Gasteiger partial charge >= 0.3 is 0 Å². The summed E-state index contributed by atoms with van der Waals surface area (Å²) in [5.74, 6) is 1.48. The lowest BCUT2D eigenvalue weighted by Crippen LogP contribution is -2.39. The first kappa shape index (κ1) is 18.2. The maximum Gasteiger partial charge on any atom is 0.223 e. The van der Waals surface area contributed by atoms with Crippen LogP contribution in [0.2, 0.25) is 0 Å². The highest BCUT2D eigenvalue weighted by atomic mass is 16.5. The fraction of sp³-hybridized carbons (Fsp3) is 0.364. The summed E-state index contributed by atoms with van der Waals surface area (Å²) in [6.07, 6.45) is 2.47. The first-order chi connectivity index (χ1) is 12.7. The van der Waals surface area contributed by atoms with Gasteiger partial charge in [0.25, 0.3) is 0 Å². The molecule has 2 aromatic rings. The largest absolute Gasteiger partial charge is 0.493 e. The number of rotatable bonds is 7. The molecule has 4 nitrogen and oxygen atoms in total. The summed E-state index contributed by atoms with van der Waals surface area (Å²) < 4.78 is 5.82. The second kappa shape index (κ2) is 9.18. The predicted molar refractivity (Wildman–Crippen MR) is 101 cm³/mol. The Morgan fingerprint density at radius 3 is 2.15 bits per heavy atom. The van der Waals surface area contributed by atoms with E-state index in [9.17, 15) is 9.59 Å². The highest BCUT2D eigenvalue weighted by molar-refractivity contribution is 5.97. The summed E-state index contributed by atoms with van der Waals surface area (Å²) in [5.41, 5.74) is 0.678. The molecule has 0 aromatic heterocycles. The Morgan fingerprint density at radius 2 is 1.50 bits per heavy atom. The highest BCUT2D eigenvalue weighted by Gasteiger charge is 2.23. The van der Waals surface area contributed by atoms with Gasteiger partial charge in [0.1, 0.15) is 5.75 Å². The summed E-state index contributed by atoms with van der Waals surface area (Å²) in [4.78, 5) is 26.4. The smallest absolute Gasteiger partial charge is 0.223 e. The van der Waals surface area contributed by atoms with E-state index in [1.54, 1.807) is 12.1 Å². The van der Waals surface area contributed by atoms with Crippen LogP contribution >= 0.6 is 0 Å². The second-order valence-electron chi connectivity index (χ2n) is 6.74. The monoisotopic (exact) mass is 351 g/mol. The first-order valence-electron chi connectivity index (χ1n) is 9.26. The summed E-state index contributed by atoms with van der Waals surface area (Å²) in [5, 5.41) is 0. The van der Waals surface area contributed by atoms with Crippen LogP contribution in [0.3, 0.4) is 0 Å². The molecule has 0 aliphatic carbocycles. The number of Topliss-reactive ketones (excluding diaryl/α,β-unsaturated/α-hetero) is 1. The van der Waals surface area contributed by atoms with Crippen LogP contribution in [0.15, 0.2) is 60.7 Å². The second-order valence-corrected chi connectivity index (χ2v) is 6.74. The predicted octanol–water partition coefficient (Wildman–Crippen LogP) is 3.97. The zero-order valence-electron chi connectivity index (χ0n) is 15.0. The molecule has 2 aromatic carbocycles. The minimum Gasteiger partial charge on any atom is -0.493 e. The Labute approximate surface area is 154 Å². The van der Waals surface area contributed by atoms with Gasteiger partial charge in [-0.3, -0.25) is 9.59 Å². The number of ether oxygens (including phenoxy) is 1. The lowest BCUT2D eigenvalue weighted by Gasteiger charge is -2.32. The minimum absolute atomic E-state index is 0.0325. The van der Waals surface area contributed by atoms with Crippen molar-refractivity contribution in [2.45, 2.75) is 25.7 Å². The van der Waals surface area contributed by atoms with E-state index >= 15 is 0 Å². The van der Waals surface area contributed by atoms with Crippen LogP contribution in [0.25, 0.3) is 0 Å². The van der Waals surface area contributed by atoms with E-state index in [-0.39, 0.29) is 18.1 Å². The van der Waals surface area contributed by atoms with E-state index in [4.69, 9.17) is 4.74 Å². The third kappa shape index (κ3) is 5.19. The molecule has 1 heterocycles. The van der Waals surface area contributed by atoms with Gasteiger partial charge in [-0.25, -0.2) is 0 Å². The Hall–Kier alpha value is -2.62. The minimum atomic E-state index is 0.0325. The number of nitrogens with zero attached hydrogens (tertiary/aromatic N) is 1. The number of carbonyl (C=O) groups is 2. The average Bonchev–Trinajstić information content (AvgIpc) is 2.72. The van der Waals surface area contributed by atoms with Crippen LogP contribution in [-0.4, -0.2) is 36.3 Å². The van der Waals surface area contributed by atoms with Crippen molar-refractivity contribution in [1.82, 2.24) is 4.90 Å². The molecule has 0 radical (unpaired) electrons. The number of hydrogen-bond donors (Lipinski definition) is 0. The van der Waals surface area contributed by atoms with Gasteiger partial charge < -0.3 is 9.64 Å². The number of likely N-dealkylation sites (tertiary alicyclic amines) is 1. The van der Waals surface area contributed by atoms with E-state index in [0.717, 1.165) is 31.7 Å². The number of para-hydroxylation sites is 1. The highest BCUT2D eigenvalue weighted by Crippen LogP contribution is 2.20. The molecule has 1 amide bonds. The van der Waals surface area contributed by atoms with Crippen LogP contribution < -0.4 is 4.74 Å². The summed E-state index contributed by atoms with van der Waals surface area (Å²) in [6.45, 7) is 2.20. The van der Waals surface area contributed by atoms with Crippen LogP contribution in [0, 0.1) is 5.92 Å². The maximum atomic E-state index is 12.4. The molecule has 0 unspecified atom stereocenters. The fourth-order valence-corrected chi connectivity index (χ4v) is 3.23. The molecule has 4 heteroatoms. The fourth-order valence-electron chi connectivity index (χ4n) is 3.23. The molecule has 0 bridgehead atoms. The Morgan fingerprint density at radius 1 is 0.885 bits per heavy atom. The lowest BCUT2D eigenvalue weighted by molar-refractivity contribution is -0.132. The number of benzene rings is 2. The third-order valence-electron chi connectivity index (χ3n) is 4.86. The van der Waals surface area contributed by atoms with Gasteiger partial charge in [-0.2, -0.15) is 0 Å². The van der Waals surface area contributed by atoms with Gasteiger partial charge in [-0.15, -0.1) is 0 Å². The molecule has 1 aliphatic rings.